The van der Waals surface area contributed by atoms with Crippen LogP contribution >= 0.6 is 0 Å². The van der Waals surface area contributed by atoms with Crippen LogP contribution in [0.15, 0.2) is 0 Å². The first-order chi connectivity index (χ1) is 3.52. The third-order valence-electron chi connectivity index (χ3n) is 1.53. The molecule has 1 fully saturated rings. The highest BCUT2D eigenvalue weighted by Gasteiger charge is 2.52. The van der Waals surface area contributed by atoms with Crippen molar-refractivity contribution in [3.63, 3.8) is 0 Å². The summed E-state index contributed by atoms with van der Waals surface area (Å²) in [6.45, 7) is 0. The average molecular weight is 122 g/mol. The van der Waals surface area contributed by atoms with E-state index in [0.29, 0.717) is 6.42 Å². The zero-order valence-corrected chi connectivity index (χ0v) is 4.50. The van der Waals surface area contributed by atoms with Gasteiger partial charge in [-0.3, -0.25) is 0 Å². The van der Waals surface area contributed by atoms with Gasteiger partial charge in [0.05, 0.1) is 5.92 Å². The molecule has 0 N–H and O–H groups in total. The predicted molar refractivity (Wildman–Crippen MR) is 26.5 cm³/mol. The Morgan fingerprint density at radius 3 is 1.75 bits per heavy atom. The molecule has 0 saturated heterocycles. The first-order valence-electron chi connectivity index (χ1n) is 2.58. The van der Waals surface area contributed by atoms with Gasteiger partial charge in [0.2, 0.25) is 0 Å². The van der Waals surface area contributed by atoms with Crippen molar-refractivity contribution in [3.05, 3.63) is 0 Å². The van der Waals surface area contributed by atoms with Crippen LogP contribution in [-0.4, -0.2) is 14.0 Å². The predicted octanol–water partition coefficient (Wildman–Crippen LogP) is 0.990. The Bertz CT molecular complexity index is 97.9. The molecule has 0 aliphatic heterocycles. The molecule has 0 aromatic rings. The molecule has 1 saturated carbocycles. The second-order valence-corrected chi connectivity index (χ2v) is 2.36. The molecule has 46 valence electrons. The van der Waals surface area contributed by atoms with Gasteiger partial charge in [-0.1, -0.05) is 5.82 Å². The highest BCUT2D eigenvalue weighted by molar-refractivity contribution is 6.13. The number of hydrogen-bond acceptors (Lipinski definition) is 0. The highest BCUT2D eigenvalue weighted by Crippen LogP contribution is 2.52. The molecule has 0 unspecified atom stereocenters. The molecule has 0 spiro atoms. The lowest BCUT2D eigenvalue weighted by Gasteiger charge is -2.01. The zero-order chi connectivity index (χ0) is 6.36. The minimum atomic E-state index is -3.92. The van der Waals surface area contributed by atoms with Crippen molar-refractivity contribution in [2.45, 2.75) is 18.4 Å². The van der Waals surface area contributed by atoms with E-state index >= 15 is 0 Å². The molecule has 0 bridgehead atoms. The normalized spacial score (nSPS) is 37.4. The largest absolute Gasteiger partial charge is 0.391 e. The Hall–Kier alpha value is -0.145. The van der Waals surface area contributed by atoms with Gasteiger partial charge in [-0.15, -0.1) is 0 Å². The lowest BCUT2D eigenvalue weighted by atomic mass is 10.0. The Morgan fingerprint density at radius 1 is 1.38 bits per heavy atom. The van der Waals surface area contributed by atoms with Crippen molar-refractivity contribution in [2.75, 3.05) is 0 Å². The lowest BCUT2D eigenvalue weighted by molar-refractivity contribution is -0.147. The quantitative estimate of drug-likeness (QED) is 0.420. The molecular weight excluding hydrogens is 116 g/mol. The van der Waals surface area contributed by atoms with Crippen molar-refractivity contribution in [2.24, 2.45) is 5.92 Å². The van der Waals surface area contributed by atoms with Gasteiger partial charge in [-0.05, 0) is 6.42 Å². The van der Waals surface area contributed by atoms with Crippen LogP contribution in [0.2, 0.25) is 5.82 Å². The summed E-state index contributed by atoms with van der Waals surface area (Å²) in [5.74, 6) is -1.10. The Morgan fingerprint density at radius 2 is 1.75 bits per heavy atom. The maximum Gasteiger partial charge on any atom is 0.391 e. The molecule has 4 heteroatoms. The minimum Gasteiger partial charge on any atom is -0.171 e. The first kappa shape index (κ1) is 5.98. The third-order valence-corrected chi connectivity index (χ3v) is 1.53. The minimum absolute atomic E-state index is 0.116. The summed E-state index contributed by atoms with van der Waals surface area (Å²) in [6, 6.07) is 0. The van der Waals surface area contributed by atoms with Crippen LogP contribution in [0.25, 0.3) is 0 Å². The molecule has 8 heavy (non-hydrogen) atoms. The molecule has 0 heterocycles. The van der Waals surface area contributed by atoms with E-state index < -0.39 is 12.1 Å². The summed E-state index contributed by atoms with van der Waals surface area (Å²) in [6.07, 6.45) is -3.58. The van der Waals surface area contributed by atoms with Crippen molar-refractivity contribution >= 4 is 7.85 Å². The van der Waals surface area contributed by atoms with E-state index in [1.54, 1.807) is 7.85 Å². The van der Waals surface area contributed by atoms with Gasteiger partial charge in [-0.25, -0.2) is 0 Å². The molecule has 0 amide bonds. The molecule has 0 nitrogen and oxygen atoms in total. The smallest absolute Gasteiger partial charge is 0.171 e. The maximum atomic E-state index is 11.5. The van der Waals surface area contributed by atoms with E-state index in [0.717, 1.165) is 0 Å². The fourth-order valence-electron chi connectivity index (χ4n) is 0.778. The topological polar surface area (TPSA) is 0 Å². The highest BCUT2D eigenvalue weighted by atomic mass is 19.4. The second-order valence-electron chi connectivity index (χ2n) is 2.36. The van der Waals surface area contributed by atoms with E-state index in [-0.39, 0.29) is 5.82 Å². The van der Waals surface area contributed by atoms with E-state index in [1.165, 1.54) is 0 Å². The monoisotopic (exact) mass is 122 g/mol. The van der Waals surface area contributed by atoms with Gasteiger partial charge in [0.15, 0.2) is 0 Å². The average Bonchev–Trinajstić information content (AvgIpc) is 2.13. The lowest BCUT2D eigenvalue weighted by Crippen LogP contribution is -2.10. The van der Waals surface area contributed by atoms with Gasteiger partial charge in [0.1, 0.15) is 7.85 Å². The standard InChI is InChI=1S/C4H6BF3/c5-3-1-2(3)4(6,7)8/h2-3H,1,5H2/t2-,3-/m0/s1. The molecule has 2 atom stereocenters. The first-order valence-corrected chi connectivity index (χ1v) is 2.58. The Balaban J connectivity index is 2.39. The second kappa shape index (κ2) is 1.42. The number of rotatable bonds is 0. The van der Waals surface area contributed by atoms with E-state index in [9.17, 15) is 13.2 Å². The summed E-state index contributed by atoms with van der Waals surface area (Å²) in [5.41, 5.74) is 0. The molecule has 0 aromatic carbocycles. The summed E-state index contributed by atoms with van der Waals surface area (Å²) >= 11 is 0. The molecule has 1 rings (SSSR count). The Labute approximate surface area is 46.5 Å². The SMILES string of the molecule is B[C@H]1C[C@@H]1C(F)(F)F. The van der Waals surface area contributed by atoms with Crippen molar-refractivity contribution in [1.82, 2.24) is 0 Å². The van der Waals surface area contributed by atoms with Gasteiger partial charge in [-0.2, -0.15) is 13.2 Å². The summed E-state index contributed by atoms with van der Waals surface area (Å²) in [4.78, 5) is 0. The third kappa shape index (κ3) is 0.982. The fraction of sp³-hybridized carbons (Fsp3) is 1.00. The van der Waals surface area contributed by atoms with Crippen LogP contribution in [0.4, 0.5) is 13.2 Å². The zero-order valence-electron chi connectivity index (χ0n) is 4.50. The van der Waals surface area contributed by atoms with Crippen LogP contribution in [0.3, 0.4) is 0 Å². The van der Waals surface area contributed by atoms with E-state index in [2.05, 4.69) is 0 Å². The summed E-state index contributed by atoms with van der Waals surface area (Å²) in [7, 11) is 1.62. The van der Waals surface area contributed by atoms with E-state index in [4.69, 9.17) is 0 Å². The van der Waals surface area contributed by atoms with Gasteiger partial charge in [0, 0.05) is 0 Å². The van der Waals surface area contributed by atoms with Crippen molar-refractivity contribution in [3.8, 4) is 0 Å². The van der Waals surface area contributed by atoms with Crippen LogP contribution in [0.5, 0.6) is 0 Å². The maximum absolute atomic E-state index is 11.5. The number of alkyl halides is 3. The van der Waals surface area contributed by atoms with Gasteiger partial charge in [0.25, 0.3) is 0 Å². The van der Waals surface area contributed by atoms with Crippen molar-refractivity contribution in [1.29, 1.82) is 0 Å². The molecule has 1 aliphatic rings. The summed E-state index contributed by atoms with van der Waals surface area (Å²) in [5, 5.41) is 0. The van der Waals surface area contributed by atoms with Crippen LogP contribution < -0.4 is 0 Å². The van der Waals surface area contributed by atoms with Crippen LogP contribution in [0, 0.1) is 5.92 Å². The summed E-state index contributed by atoms with van der Waals surface area (Å²) < 4.78 is 34.5. The number of halogens is 3. The number of hydrogen-bond donors (Lipinski definition) is 0. The Kier molecular flexibility index (Phi) is 1.06. The van der Waals surface area contributed by atoms with Gasteiger partial charge < -0.3 is 0 Å². The molecule has 0 aromatic heterocycles. The molecule has 0 radical (unpaired) electrons. The molecular formula is C4H6BF3. The molecule has 1 aliphatic carbocycles. The fourth-order valence-corrected chi connectivity index (χ4v) is 0.778. The van der Waals surface area contributed by atoms with Crippen molar-refractivity contribution < 1.29 is 13.2 Å². The van der Waals surface area contributed by atoms with Gasteiger partial charge >= 0.3 is 6.18 Å². The van der Waals surface area contributed by atoms with Crippen LogP contribution in [-0.2, 0) is 0 Å². The van der Waals surface area contributed by atoms with E-state index in [1.807, 2.05) is 0 Å². The van der Waals surface area contributed by atoms with Crippen LogP contribution in [0.1, 0.15) is 6.42 Å².